The summed E-state index contributed by atoms with van der Waals surface area (Å²) in [5.74, 6) is 0.241. The number of ether oxygens (including phenoxy) is 2. The van der Waals surface area contributed by atoms with Crippen LogP contribution >= 0.6 is 11.6 Å². The third-order valence-corrected chi connectivity index (χ3v) is 4.62. The van der Waals surface area contributed by atoms with Crippen LogP contribution in [-0.4, -0.2) is 39.9 Å². The maximum absolute atomic E-state index is 12.0. The molecule has 0 saturated heterocycles. The summed E-state index contributed by atoms with van der Waals surface area (Å²) >= 11 is 5.81. The molecule has 1 aromatic rings. The first-order valence-corrected chi connectivity index (χ1v) is 9.12. The van der Waals surface area contributed by atoms with Gasteiger partial charge in [0.2, 0.25) is 0 Å². The van der Waals surface area contributed by atoms with Gasteiger partial charge in [0.1, 0.15) is 0 Å². The molecular formula is C15H23ClO5S. The number of aryl methyl sites for hydroxylation is 1. The molecule has 2 atom stereocenters. The fraction of sp³-hybridized carbons (Fsp3) is 0.600. The van der Waals surface area contributed by atoms with Gasteiger partial charge in [0.15, 0.2) is 6.29 Å². The quantitative estimate of drug-likeness (QED) is 0.368. The average molecular weight is 351 g/mol. The molecule has 2 unspecified atom stereocenters. The second-order valence-electron chi connectivity index (χ2n) is 4.81. The first kappa shape index (κ1) is 19.4. The number of hydrogen-bond acceptors (Lipinski definition) is 5. The lowest BCUT2D eigenvalue weighted by Gasteiger charge is -2.20. The third-order valence-electron chi connectivity index (χ3n) is 2.95. The number of benzene rings is 1. The van der Waals surface area contributed by atoms with E-state index in [1.165, 1.54) is 12.1 Å². The van der Waals surface area contributed by atoms with E-state index in [9.17, 15) is 8.42 Å². The predicted octanol–water partition coefficient (Wildman–Crippen LogP) is 3.10. The summed E-state index contributed by atoms with van der Waals surface area (Å²) in [4.78, 5) is 0.143. The van der Waals surface area contributed by atoms with Crippen molar-refractivity contribution in [3.63, 3.8) is 0 Å². The van der Waals surface area contributed by atoms with E-state index in [4.69, 9.17) is 25.3 Å². The van der Waals surface area contributed by atoms with Crippen LogP contribution in [0.2, 0.25) is 0 Å². The van der Waals surface area contributed by atoms with Crippen LogP contribution in [0.5, 0.6) is 0 Å². The number of hydrogen-bond donors (Lipinski definition) is 0. The summed E-state index contributed by atoms with van der Waals surface area (Å²) in [5, 5.41) is 0. The van der Waals surface area contributed by atoms with E-state index in [1.807, 2.05) is 13.8 Å². The molecule has 0 saturated carbocycles. The van der Waals surface area contributed by atoms with E-state index in [0.717, 1.165) is 5.56 Å². The average Bonchev–Trinajstić information content (AvgIpc) is 2.46. The second-order valence-corrected chi connectivity index (χ2v) is 6.74. The molecule has 0 fully saturated rings. The predicted molar refractivity (Wildman–Crippen MR) is 85.6 cm³/mol. The highest BCUT2D eigenvalue weighted by molar-refractivity contribution is 7.86. The molecule has 7 heteroatoms. The van der Waals surface area contributed by atoms with Crippen molar-refractivity contribution in [2.45, 2.75) is 44.5 Å². The molecule has 0 aliphatic rings. The largest absolute Gasteiger partial charge is 0.353 e. The first-order chi connectivity index (χ1) is 10.4. The summed E-state index contributed by atoms with van der Waals surface area (Å²) < 4.78 is 39.9. The van der Waals surface area contributed by atoms with Gasteiger partial charge in [-0.25, -0.2) is 0 Å². The Morgan fingerprint density at radius 1 is 1.23 bits per heavy atom. The highest BCUT2D eigenvalue weighted by Crippen LogP contribution is 2.15. The van der Waals surface area contributed by atoms with Crippen LogP contribution in [0.1, 0.15) is 25.8 Å². The van der Waals surface area contributed by atoms with E-state index in [1.54, 1.807) is 19.1 Å². The van der Waals surface area contributed by atoms with E-state index in [0.29, 0.717) is 13.0 Å². The number of halogens is 1. The molecule has 0 amide bonds. The Bertz CT molecular complexity index is 529. The third kappa shape index (κ3) is 6.62. The minimum absolute atomic E-state index is 0.00639. The van der Waals surface area contributed by atoms with Gasteiger partial charge in [0.25, 0.3) is 10.1 Å². The molecule has 1 rings (SSSR count). The van der Waals surface area contributed by atoms with Crippen molar-refractivity contribution in [1.82, 2.24) is 0 Å². The molecule has 0 aliphatic carbocycles. The van der Waals surface area contributed by atoms with Gasteiger partial charge in [-0.2, -0.15) is 8.42 Å². The summed E-state index contributed by atoms with van der Waals surface area (Å²) in [6, 6.07) is 6.50. The van der Waals surface area contributed by atoms with Crippen LogP contribution in [0.15, 0.2) is 29.2 Å². The zero-order valence-electron chi connectivity index (χ0n) is 13.1. The zero-order chi connectivity index (χ0) is 16.6. The van der Waals surface area contributed by atoms with Gasteiger partial charge < -0.3 is 9.47 Å². The van der Waals surface area contributed by atoms with E-state index in [2.05, 4.69) is 0 Å². The smallest absolute Gasteiger partial charge is 0.296 e. The molecule has 0 N–H and O–H groups in total. The van der Waals surface area contributed by atoms with Crippen LogP contribution in [0.4, 0.5) is 0 Å². The van der Waals surface area contributed by atoms with E-state index < -0.39 is 10.1 Å². The first-order valence-electron chi connectivity index (χ1n) is 7.18. The van der Waals surface area contributed by atoms with Gasteiger partial charge in [-0.15, -0.1) is 11.6 Å². The zero-order valence-corrected chi connectivity index (χ0v) is 14.7. The molecule has 22 heavy (non-hydrogen) atoms. The van der Waals surface area contributed by atoms with Crippen molar-refractivity contribution in [3.05, 3.63) is 29.8 Å². The Morgan fingerprint density at radius 3 is 2.41 bits per heavy atom. The fourth-order valence-electron chi connectivity index (χ4n) is 1.79. The molecule has 0 heterocycles. The Morgan fingerprint density at radius 2 is 1.86 bits per heavy atom. The maximum atomic E-state index is 12.0. The molecule has 0 aliphatic heterocycles. The van der Waals surface area contributed by atoms with Crippen molar-refractivity contribution >= 4 is 21.7 Å². The standard InChI is InChI=1S/C15H23ClO5S/c1-4-19-13(3)21-14(11-16)9-10-20-22(17,18)15-7-5-12(2)6-8-15/h5-8,13-14H,4,9-11H2,1-3H3. The van der Waals surface area contributed by atoms with Crippen LogP contribution in [0, 0.1) is 6.92 Å². The van der Waals surface area contributed by atoms with Gasteiger partial charge in [-0.05, 0) is 39.3 Å². The minimum Gasteiger partial charge on any atom is -0.353 e. The highest BCUT2D eigenvalue weighted by Gasteiger charge is 2.17. The van der Waals surface area contributed by atoms with Gasteiger partial charge in [0, 0.05) is 12.5 Å². The van der Waals surface area contributed by atoms with Crippen molar-refractivity contribution < 1.29 is 22.1 Å². The number of alkyl halides is 1. The van der Waals surface area contributed by atoms with Crippen molar-refractivity contribution in [1.29, 1.82) is 0 Å². The lowest BCUT2D eigenvalue weighted by molar-refractivity contribution is -0.154. The second kappa shape index (κ2) is 9.47. The molecule has 0 spiro atoms. The molecule has 0 radical (unpaired) electrons. The Labute approximate surface area is 137 Å². The van der Waals surface area contributed by atoms with Crippen LogP contribution in [0.3, 0.4) is 0 Å². The number of rotatable bonds is 10. The van der Waals surface area contributed by atoms with Crippen LogP contribution < -0.4 is 0 Å². The van der Waals surface area contributed by atoms with Gasteiger partial charge in [-0.3, -0.25) is 4.18 Å². The summed E-state index contributed by atoms with van der Waals surface area (Å²) in [6.07, 6.45) is -0.342. The van der Waals surface area contributed by atoms with Crippen molar-refractivity contribution in [3.8, 4) is 0 Å². The minimum atomic E-state index is -3.75. The van der Waals surface area contributed by atoms with E-state index in [-0.39, 0.29) is 29.8 Å². The molecule has 126 valence electrons. The Kier molecular flexibility index (Phi) is 8.35. The van der Waals surface area contributed by atoms with Gasteiger partial charge >= 0.3 is 0 Å². The Balaban J connectivity index is 2.48. The summed E-state index contributed by atoms with van der Waals surface area (Å²) in [5.41, 5.74) is 0.986. The molecule has 5 nitrogen and oxygen atoms in total. The van der Waals surface area contributed by atoms with E-state index >= 15 is 0 Å². The lowest BCUT2D eigenvalue weighted by Crippen LogP contribution is -2.25. The van der Waals surface area contributed by atoms with Crippen molar-refractivity contribution in [2.24, 2.45) is 0 Å². The summed E-state index contributed by atoms with van der Waals surface area (Å²) in [7, 11) is -3.75. The summed E-state index contributed by atoms with van der Waals surface area (Å²) in [6.45, 7) is 6.07. The monoisotopic (exact) mass is 350 g/mol. The SMILES string of the molecule is CCOC(C)OC(CCl)CCOS(=O)(=O)c1ccc(C)cc1. The molecule has 0 aromatic heterocycles. The fourth-order valence-corrected chi connectivity index (χ4v) is 2.94. The molecule has 0 bridgehead atoms. The van der Waals surface area contributed by atoms with Crippen molar-refractivity contribution in [2.75, 3.05) is 19.1 Å². The van der Waals surface area contributed by atoms with Gasteiger partial charge in [-0.1, -0.05) is 17.7 Å². The maximum Gasteiger partial charge on any atom is 0.296 e. The van der Waals surface area contributed by atoms with Gasteiger partial charge in [0.05, 0.1) is 17.6 Å². The Hall–Kier alpha value is -0.660. The topological polar surface area (TPSA) is 61.8 Å². The highest BCUT2D eigenvalue weighted by atomic mass is 35.5. The normalized spacial score (nSPS) is 14.7. The lowest BCUT2D eigenvalue weighted by atomic mass is 10.2. The van der Waals surface area contributed by atoms with Crippen LogP contribution in [0.25, 0.3) is 0 Å². The molecule has 1 aromatic carbocycles. The molecular weight excluding hydrogens is 328 g/mol. The van der Waals surface area contributed by atoms with Crippen LogP contribution in [-0.2, 0) is 23.8 Å².